The molecule has 0 unspecified atom stereocenters. The van der Waals surface area contributed by atoms with Gasteiger partial charge in [0.1, 0.15) is 11.4 Å². The zero-order valence-electron chi connectivity index (χ0n) is 10.6. The quantitative estimate of drug-likeness (QED) is 0.822. The van der Waals surface area contributed by atoms with Gasteiger partial charge in [0.15, 0.2) is 0 Å². The molecule has 16 heavy (non-hydrogen) atoms. The van der Waals surface area contributed by atoms with E-state index in [4.69, 9.17) is 0 Å². The molecule has 4 heteroatoms. The first-order valence-electron chi connectivity index (χ1n) is 5.91. The highest BCUT2D eigenvalue weighted by Gasteiger charge is 2.27. The van der Waals surface area contributed by atoms with Gasteiger partial charge in [-0.05, 0) is 27.7 Å². The van der Waals surface area contributed by atoms with Gasteiger partial charge in [-0.15, -0.1) is 0 Å². The molecule has 0 radical (unpaired) electrons. The molecule has 2 heterocycles. The van der Waals surface area contributed by atoms with E-state index in [9.17, 15) is 5.11 Å². The van der Waals surface area contributed by atoms with E-state index in [0.29, 0.717) is 6.04 Å². The van der Waals surface area contributed by atoms with Gasteiger partial charge in [0, 0.05) is 19.1 Å². The van der Waals surface area contributed by atoms with E-state index >= 15 is 0 Å². The van der Waals surface area contributed by atoms with E-state index in [1.807, 2.05) is 13.8 Å². The number of imidazole rings is 1. The van der Waals surface area contributed by atoms with Gasteiger partial charge in [-0.3, -0.25) is 4.90 Å². The van der Waals surface area contributed by atoms with Crippen molar-refractivity contribution in [3.63, 3.8) is 0 Å². The van der Waals surface area contributed by atoms with Gasteiger partial charge >= 0.3 is 0 Å². The van der Waals surface area contributed by atoms with E-state index in [0.717, 1.165) is 31.2 Å². The van der Waals surface area contributed by atoms with Crippen LogP contribution in [-0.4, -0.2) is 32.1 Å². The summed E-state index contributed by atoms with van der Waals surface area (Å²) in [5.41, 5.74) is 0.122. The minimum Gasteiger partial charge on any atom is -0.384 e. The molecule has 1 aromatic heterocycles. The first-order valence-corrected chi connectivity index (χ1v) is 5.91. The lowest BCUT2D eigenvalue weighted by molar-refractivity contribution is 0.0656. The summed E-state index contributed by atoms with van der Waals surface area (Å²) in [6.45, 7) is 10.9. The lowest BCUT2D eigenvalue weighted by Gasteiger charge is -2.32. The number of aromatic nitrogens is 2. The smallest absolute Gasteiger partial charge is 0.123 e. The van der Waals surface area contributed by atoms with Crippen molar-refractivity contribution in [1.82, 2.24) is 14.5 Å². The van der Waals surface area contributed by atoms with Gasteiger partial charge in [0.25, 0.3) is 0 Å². The van der Waals surface area contributed by atoms with Crippen LogP contribution in [0.25, 0.3) is 0 Å². The molecule has 0 bridgehead atoms. The molecule has 90 valence electrons. The molecule has 0 amide bonds. The predicted octanol–water partition coefficient (Wildman–Crippen LogP) is 1.33. The molecule has 0 spiro atoms. The topological polar surface area (TPSA) is 41.3 Å². The third kappa shape index (κ3) is 1.99. The van der Waals surface area contributed by atoms with Gasteiger partial charge in [0.2, 0.25) is 0 Å². The van der Waals surface area contributed by atoms with Gasteiger partial charge < -0.3 is 9.67 Å². The maximum atomic E-state index is 10.0. The lowest BCUT2D eigenvalue weighted by atomic mass is 10.1. The van der Waals surface area contributed by atoms with Crippen LogP contribution in [0.3, 0.4) is 0 Å². The van der Waals surface area contributed by atoms with E-state index in [1.165, 1.54) is 0 Å². The number of rotatable bonds is 2. The van der Waals surface area contributed by atoms with Crippen LogP contribution >= 0.6 is 0 Å². The number of hydrogen-bond acceptors (Lipinski definition) is 3. The molecule has 1 N–H and O–H groups in total. The van der Waals surface area contributed by atoms with Crippen molar-refractivity contribution in [1.29, 1.82) is 0 Å². The summed E-state index contributed by atoms with van der Waals surface area (Å²) in [6, 6.07) is 0.552. The molecule has 0 saturated heterocycles. The van der Waals surface area contributed by atoms with Crippen molar-refractivity contribution < 1.29 is 5.11 Å². The van der Waals surface area contributed by atoms with Crippen LogP contribution in [0.4, 0.5) is 0 Å². The maximum Gasteiger partial charge on any atom is 0.123 e. The Hall–Kier alpha value is -0.870. The van der Waals surface area contributed by atoms with Crippen LogP contribution < -0.4 is 0 Å². The van der Waals surface area contributed by atoms with E-state index in [-0.39, 0.29) is 0 Å². The van der Waals surface area contributed by atoms with Gasteiger partial charge in [0.05, 0.1) is 18.4 Å². The molecular formula is C12H21N3O. The first kappa shape index (κ1) is 11.6. The second-order valence-electron chi connectivity index (χ2n) is 5.33. The highest BCUT2D eigenvalue weighted by atomic mass is 16.3. The van der Waals surface area contributed by atoms with Crippen molar-refractivity contribution in [2.24, 2.45) is 0 Å². The van der Waals surface area contributed by atoms with Gasteiger partial charge in [-0.1, -0.05) is 0 Å². The van der Waals surface area contributed by atoms with Crippen LogP contribution in [-0.2, 0) is 18.7 Å². The standard InChI is InChI=1S/C12H21N3O/c1-9(2)14-5-6-15-10(12(3,4)16)7-13-11(15)8-14/h7,9,16H,5-6,8H2,1-4H3. The Balaban J connectivity index is 2.27. The second kappa shape index (κ2) is 3.86. The summed E-state index contributed by atoms with van der Waals surface area (Å²) in [5.74, 6) is 1.07. The molecule has 1 aromatic rings. The highest BCUT2D eigenvalue weighted by Crippen LogP contribution is 2.24. The van der Waals surface area contributed by atoms with Gasteiger partial charge in [-0.25, -0.2) is 4.98 Å². The Morgan fingerprint density at radius 1 is 1.38 bits per heavy atom. The zero-order valence-corrected chi connectivity index (χ0v) is 10.6. The molecule has 0 aliphatic carbocycles. The Bertz CT molecular complexity index is 376. The Morgan fingerprint density at radius 3 is 2.62 bits per heavy atom. The molecule has 0 atom stereocenters. The molecule has 2 rings (SSSR count). The van der Waals surface area contributed by atoms with E-state index in [2.05, 4.69) is 28.3 Å². The largest absolute Gasteiger partial charge is 0.384 e. The summed E-state index contributed by atoms with van der Waals surface area (Å²) in [7, 11) is 0. The monoisotopic (exact) mass is 223 g/mol. The molecule has 1 aliphatic heterocycles. The Kier molecular flexibility index (Phi) is 2.80. The minimum atomic E-state index is -0.800. The normalized spacial score (nSPS) is 17.9. The van der Waals surface area contributed by atoms with Crippen molar-refractivity contribution in [3.05, 3.63) is 17.7 Å². The molecule has 0 fully saturated rings. The SMILES string of the molecule is CC(C)N1CCn2c(C(C)(C)O)cnc2C1. The lowest BCUT2D eigenvalue weighted by Crippen LogP contribution is -2.39. The first-order chi connectivity index (χ1) is 7.39. The van der Waals surface area contributed by atoms with E-state index in [1.54, 1.807) is 6.20 Å². The summed E-state index contributed by atoms with van der Waals surface area (Å²) in [5, 5.41) is 10.0. The van der Waals surface area contributed by atoms with Crippen molar-refractivity contribution in [2.75, 3.05) is 6.54 Å². The number of nitrogens with zero attached hydrogens (tertiary/aromatic N) is 3. The summed E-state index contributed by atoms with van der Waals surface area (Å²) < 4.78 is 2.15. The summed E-state index contributed by atoms with van der Waals surface area (Å²) in [6.07, 6.45) is 1.80. The van der Waals surface area contributed by atoms with E-state index < -0.39 is 5.60 Å². The number of fused-ring (bicyclic) bond motifs is 1. The molecule has 1 aliphatic rings. The molecule has 0 saturated carbocycles. The third-order valence-electron chi connectivity index (χ3n) is 3.25. The summed E-state index contributed by atoms with van der Waals surface area (Å²) in [4.78, 5) is 6.82. The molecule has 0 aromatic carbocycles. The highest BCUT2D eigenvalue weighted by molar-refractivity contribution is 5.13. The average molecular weight is 223 g/mol. The maximum absolute atomic E-state index is 10.0. The predicted molar refractivity (Wildman–Crippen MR) is 63.0 cm³/mol. The van der Waals surface area contributed by atoms with Crippen LogP contribution in [0.15, 0.2) is 6.20 Å². The third-order valence-corrected chi connectivity index (χ3v) is 3.25. The Labute approximate surface area is 96.9 Å². The van der Waals surface area contributed by atoms with Crippen molar-refractivity contribution in [3.8, 4) is 0 Å². The zero-order chi connectivity index (χ0) is 11.9. The van der Waals surface area contributed by atoms with Crippen LogP contribution in [0, 0.1) is 0 Å². The number of hydrogen-bond donors (Lipinski definition) is 1. The second-order valence-corrected chi connectivity index (χ2v) is 5.33. The fourth-order valence-electron chi connectivity index (χ4n) is 2.21. The van der Waals surface area contributed by atoms with Crippen molar-refractivity contribution in [2.45, 2.75) is 52.4 Å². The fourth-order valence-corrected chi connectivity index (χ4v) is 2.21. The van der Waals surface area contributed by atoms with Crippen LogP contribution in [0.2, 0.25) is 0 Å². The average Bonchev–Trinajstić information content (AvgIpc) is 2.58. The Morgan fingerprint density at radius 2 is 2.06 bits per heavy atom. The van der Waals surface area contributed by atoms with Crippen LogP contribution in [0.5, 0.6) is 0 Å². The summed E-state index contributed by atoms with van der Waals surface area (Å²) >= 11 is 0. The molecule has 4 nitrogen and oxygen atoms in total. The van der Waals surface area contributed by atoms with Crippen molar-refractivity contribution >= 4 is 0 Å². The van der Waals surface area contributed by atoms with Gasteiger partial charge in [-0.2, -0.15) is 0 Å². The van der Waals surface area contributed by atoms with Crippen LogP contribution in [0.1, 0.15) is 39.2 Å². The minimum absolute atomic E-state index is 0.552. The fraction of sp³-hybridized carbons (Fsp3) is 0.750. The number of aliphatic hydroxyl groups is 1. The molecular weight excluding hydrogens is 202 g/mol.